The number of rotatable bonds is 10. The van der Waals surface area contributed by atoms with Gasteiger partial charge in [-0.1, -0.05) is 55.5 Å². The minimum Gasteiger partial charge on any atom is -0.462 e. The van der Waals surface area contributed by atoms with Crippen LogP contribution in [0.15, 0.2) is 73.2 Å². The Kier molecular flexibility index (Phi) is 7.98. The maximum atomic E-state index is 12.9. The topological polar surface area (TPSA) is 70.4 Å². The molecule has 0 aliphatic carbocycles. The highest BCUT2D eigenvalue weighted by Crippen LogP contribution is 2.24. The third-order valence-corrected chi connectivity index (χ3v) is 5.36. The van der Waals surface area contributed by atoms with Gasteiger partial charge >= 0.3 is 11.9 Å². The molecule has 1 heterocycles. The lowest BCUT2D eigenvalue weighted by atomic mass is 9.87. The van der Waals surface area contributed by atoms with Gasteiger partial charge in [-0.25, -0.2) is 9.78 Å². The van der Waals surface area contributed by atoms with E-state index < -0.39 is 11.9 Å². The number of nitrogens with zero attached hydrogens (tertiary/aromatic N) is 2. The molecule has 0 saturated carbocycles. The summed E-state index contributed by atoms with van der Waals surface area (Å²) in [5, 5.41) is 0. The number of hydrogen-bond acceptors (Lipinski definition) is 5. The molecule has 0 radical (unpaired) electrons. The lowest BCUT2D eigenvalue weighted by molar-refractivity contribution is -0.152. The Balaban J connectivity index is 1.70. The van der Waals surface area contributed by atoms with Crippen molar-refractivity contribution in [2.24, 2.45) is 18.9 Å². The molecule has 0 fully saturated rings. The van der Waals surface area contributed by atoms with Gasteiger partial charge in [-0.3, -0.25) is 4.79 Å². The Bertz CT molecular complexity index is 969. The van der Waals surface area contributed by atoms with E-state index in [1.165, 1.54) is 0 Å². The van der Waals surface area contributed by atoms with Crippen molar-refractivity contribution in [2.45, 2.75) is 26.4 Å². The summed E-state index contributed by atoms with van der Waals surface area (Å²) >= 11 is 0. The molecule has 2 unspecified atom stereocenters. The van der Waals surface area contributed by atoms with Crippen molar-refractivity contribution in [3.05, 3.63) is 90.0 Å². The van der Waals surface area contributed by atoms with Crippen molar-refractivity contribution in [3.8, 4) is 0 Å². The molecule has 0 spiro atoms. The highest BCUT2D eigenvalue weighted by Gasteiger charge is 2.30. The first-order valence-electron chi connectivity index (χ1n) is 10.5. The molecule has 0 saturated heterocycles. The summed E-state index contributed by atoms with van der Waals surface area (Å²) in [6.07, 6.45) is 4.63. The second-order valence-electron chi connectivity index (χ2n) is 7.53. The second-order valence-corrected chi connectivity index (χ2v) is 7.53. The zero-order chi connectivity index (χ0) is 22.1. The monoisotopic (exact) mass is 420 g/mol. The Morgan fingerprint density at radius 3 is 2.29 bits per heavy atom. The summed E-state index contributed by atoms with van der Waals surface area (Å²) < 4.78 is 13.1. The molecule has 0 amide bonds. The van der Waals surface area contributed by atoms with Crippen LogP contribution in [-0.2, 0) is 34.3 Å². The largest absolute Gasteiger partial charge is 0.462 e. The average Bonchev–Trinajstić information content (AvgIpc) is 3.21. The van der Waals surface area contributed by atoms with E-state index in [0.29, 0.717) is 18.4 Å². The molecule has 31 heavy (non-hydrogen) atoms. The van der Waals surface area contributed by atoms with Crippen LogP contribution in [0.2, 0.25) is 0 Å². The van der Waals surface area contributed by atoms with Gasteiger partial charge in [-0.2, -0.15) is 0 Å². The molecule has 0 aliphatic rings. The fourth-order valence-corrected chi connectivity index (χ4v) is 3.54. The van der Waals surface area contributed by atoms with Gasteiger partial charge in [0.15, 0.2) is 0 Å². The summed E-state index contributed by atoms with van der Waals surface area (Å²) in [7, 11) is 1.91. The minimum absolute atomic E-state index is 0.123. The molecule has 1 aromatic heterocycles. The predicted octanol–water partition coefficient (Wildman–Crippen LogP) is 4.21. The number of benzene rings is 2. The van der Waals surface area contributed by atoms with Crippen LogP contribution >= 0.6 is 0 Å². The molecular formula is C25H28N2O4. The maximum Gasteiger partial charge on any atom is 0.338 e. The first-order chi connectivity index (χ1) is 15.1. The molecule has 6 heteroatoms. The third-order valence-electron chi connectivity index (χ3n) is 5.36. The number of carbonyl (C=O) groups is 2. The second kappa shape index (κ2) is 11.1. The highest BCUT2D eigenvalue weighted by atomic mass is 16.5. The van der Waals surface area contributed by atoms with Gasteiger partial charge < -0.3 is 14.0 Å². The molecule has 0 bridgehead atoms. The molecule has 2 atom stereocenters. The van der Waals surface area contributed by atoms with E-state index >= 15 is 0 Å². The van der Waals surface area contributed by atoms with Crippen molar-refractivity contribution < 1.29 is 19.1 Å². The number of imidazole rings is 1. The number of carbonyl (C=O) groups excluding carboxylic acids is 2. The molecule has 6 nitrogen and oxygen atoms in total. The van der Waals surface area contributed by atoms with Gasteiger partial charge in [-0.15, -0.1) is 0 Å². The van der Waals surface area contributed by atoms with Crippen LogP contribution in [0.25, 0.3) is 0 Å². The predicted molar refractivity (Wildman–Crippen MR) is 117 cm³/mol. The van der Waals surface area contributed by atoms with E-state index in [4.69, 9.17) is 9.47 Å². The van der Waals surface area contributed by atoms with Gasteiger partial charge in [0.1, 0.15) is 6.61 Å². The van der Waals surface area contributed by atoms with Crippen molar-refractivity contribution in [1.82, 2.24) is 9.55 Å². The quantitative estimate of drug-likeness (QED) is 0.460. The van der Waals surface area contributed by atoms with Gasteiger partial charge in [0.05, 0.1) is 24.4 Å². The van der Waals surface area contributed by atoms with Crippen LogP contribution in [0.4, 0.5) is 0 Å². The number of ether oxygens (including phenoxy) is 2. The van der Waals surface area contributed by atoms with Crippen LogP contribution in [0.1, 0.15) is 35.0 Å². The van der Waals surface area contributed by atoms with Crippen LogP contribution < -0.4 is 0 Å². The van der Waals surface area contributed by atoms with E-state index in [1.54, 1.807) is 36.8 Å². The summed E-state index contributed by atoms with van der Waals surface area (Å²) in [5.41, 5.74) is 2.39. The van der Waals surface area contributed by atoms with Crippen LogP contribution in [0.3, 0.4) is 0 Å². The molecule has 3 rings (SSSR count). The van der Waals surface area contributed by atoms with Gasteiger partial charge in [0.25, 0.3) is 0 Å². The Morgan fingerprint density at radius 2 is 1.68 bits per heavy atom. The van der Waals surface area contributed by atoms with Crippen molar-refractivity contribution in [1.29, 1.82) is 0 Å². The maximum absolute atomic E-state index is 12.9. The zero-order valence-corrected chi connectivity index (χ0v) is 17.9. The Labute approximate surface area is 182 Å². The molecule has 2 aromatic carbocycles. The lowest BCUT2D eigenvalue weighted by Gasteiger charge is -2.25. The SMILES string of the molecule is CCC(C(=O)OCc1ccccc1)C(COC(=O)c1ccccc1)Cc1cncn1C. The van der Waals surface area contributed by atoms with E-state index in [2.05, 4.69) is 4.98 Å². The molecular weight excluding hydrogens is 392 g/mol. The smallest absolute Gasteiger partial charge is 0.338 e. The summed E-state index contributed by atoms with van der Waals surface area (Å²) in [5.74, 6) is -1.31. The van der Waals surface area contributed by atoms with Crippen molar-refractivity contribution in [3.63, 3.8) is 0 Å². The summed E-state index contributed by atoms with van der Waals surface area (Å²) in [6.45, 7) is 2.29. The first kappa shape index (κ1) is 22.3. The summed E-state index contributed by atoms with van der Waals surface area (Å²) in [6, 6.07) is 18.4. The standard InChI is InChI=1S/C25H28N2O4/c1-3-23(25(29)30-16-19-10-6-4-7-11-19)21(14-22-15-26-18-27(22)2)17-31-24(28)20-12-8-5-9-13-20/h4-13,15,18,21,23H,3,14,16-17H2,1-2H3. The minimum atomic E-state index is -0.401. The lowest BCUT2D eigenvalue weighted by Crippen LogP contribution is -2.31. The molecule has 162 valence electrons. The van der Waals surface area contributed by atoms with E-state index in [0.717, 1.165) is 11.3 Å². The molecule has 3 aromatic rings. The van der Waals surface area contributed by atoms with Crippen LogP contribution in [0, 0.1) is 11.8 Å². The van der Waals surface area contributed by atoms with E-state index in [1.807, 2.05) is 54.9 Å². The van der Waals surface area contributed by atoms with Crippen LogP contribution in [0.5, 0.6) is 0 Å². The number of hydrogen-bond donors (Lipinski definition) is 0. The third kappa shape index (κ3) is 6.28. The fourth-order valence-electron chi connectivity index (χ4n) is 3.54. The first-order valence-corrected chi connectivity index (χ1v) is 10.5. The normalized spacial score (nSPS) is 12.7. The number of aromatic nitrogens is 2. The fraction of sp³-hybridized carbons (Fsp3) is 0.320. The van der Waals surface area contributed by atoms with Crippen LogP contribution in [-0.4, -0.2) is 28.1 Å². The van der Waals surface area contributed by atoms with Crippen molar-refractivity contribution >= 4 is 11.9 Å². The Morgan fingerprint density at radius 1 is 1.00 bits per heavy atom. The number of aryl methyl sites for hydroxylation is 1. The summed E-state index contributed by atoms with van der Waals surface area (Å²) in [4.78, 5) is 29.5. The molecule has 0 N–H and O–H groups in total. The van der Waals surface area contributed by atoms with Gasteiger partial charge in [-0.05, 0) is 30.5 Å². The zero-order valence-electron chi connectivity index (χ0n) is 17.9. The Hall–Kier alpha value is -3.41. The van der Waals surface area contributed by atoms with Crippen molar-refractivity contribution in [2.75, 3.05) is 6.61 Å². The van der Waals surface area contributed by atoms with E-state index in [-0.39, 0.29) is 25.1 Å². The molecule has 0 aliphatic heterocycles. The average molecular weight is 421 g/mol. The van der Waals surface area contributed by atoms with Gasteiger partial charge in [0.2, 0.25) is 0 Å². The van der Waals surface area contributed by atoms with Gasteiger partial charge in [0, 0.05) is 24.9 Å². The van der Waals surface area contributed by atoms with E-state index in [9.17, 15) is 9.59 Å². The number of esters is 2. The highest BCUT2D eigenvalue weighted by molar-refractivity contribution is 5.89.